The largest absolute Gasteiger partial charge is 0.369 e. The summed E-state index contributed by atoms with van der Waals surface area (Å²) >= 11 is 0. The van der Waals surface area contributed by atoms with E-state index in [0.29, 0.717) is 17.2 Å². The number of amides is 1. The third-order valence-corrected chi connectivity index (χ3v) is 7.50. The molecule has 0 saturated carbocycles. The van der Waals surface area contributed by atoms with Crippen molar-refractivity contribution in [3.8, 4) is 11.4 Å². The molecule has 7 nitrogen and oxygen atoms in total. The average molecular weight is 535 g/mol. The molecular weight excluding hydrogens is 496 g/mol. The lowest BCUT2D eigenvalue weighted by atomic mass is 9.86. The average Bonchev–Trinajstić information content (AvgIpc) is 2.95. The molecule has 1 fully saturated rings. The number of nitrogens with zero attached hydrogens (tertiary/aromatic N) is 4. The van der Waals surface area contributed by atoms with E-state index in [9.17, 15) is 4.79 Å². The quantitative estimate of drug-likeness (QED) is 0.294. The highest BCUT2D eigenvalue weighted by molar-refractivity contribution is 6.05. The molecule has 5 rings (SSSR count). The minimum atomic E-state index is -0.142. The van der Waals surface area contributed by atoms with Crippen LogP contribution in [-0.4, -0.2) is 54.0 Å². The van der Waals surface area contributed by atoms with Crippen LogP contribution >= 0.6 is 0 Å². The summed E-state index contributed by atoms with van der Waals surface area (Å²) in [6.07, 6.45) is 1.75. The first-order valence-electron chi connectivity index (χ1n) is 13.8. The number of hydrogen-bond donors (Lipinski definition) is 2. The molecule has 0 spiro atoms. The van der Waals surface area contributed by atoms with Gasteiger partial charge in [0.05, 0.1) is 0 Å². The van der Waals surface area contributed by atoms with Crippen LogP contribution in [0.4, 0.5) is 22.9 Å². The van der Waals surface area contributed by atoms with Crippen LogP contribution in [0, 0.1) is 6.92 Å². The van der Waals surface area contributed by atoms with Gasteiger partial charge < -0.3 is 20.4 Å². The predicted octanol–water partition coefficient (Wildman–Crippen LogP) is 6.50. The SMILES string of the molecule is Cc1c(NC(=O)c2ccc(C(C)(C)C)cc2)cccc1-c1nccc(Nc2ccc(N3CCN(C)CC3)cc2)n1. The topological polar surface area (TPSA) is 73.4 Å². The minimum absolute atomic E-state index is 0.0391. The molecule has 1 saturated heterocycles. The van der Waals surface area contributed by atoms with Crippen LogP contribution in [0.1, 0.15) is 42.3 Å². The van der Waals surface area contributed by atoms with E-state index in [0.717, 1.165) is 48.7 Å². The Morgan fingerprint density at radius 1 is 0.875 bits per heavy atom. The second kappa shape index (κ2) is 11.5. The van der Waals surface area contributed by atoms with Gasteiger partial charge in [-0.15, -0.1) is 0 Å². The van der Waals surface area contributed by atoms with Crippen LogP contribution in [0.2, 0.25) is 0 Å². The second-order valence-electron chi connectivity index (χ2n) is 11.5. The van der Waals surface area contributed by atoms with Crippen LogP contribution in [0.3, 0.4) is 0 Å². The van der Waals surface area contributed by atoms with E-state index in [1.54, 1.807) is 6.20 Å². The van der Waals surface area contributed by atoms with Crippen molar-refractivity contribution in [2.75, 3.05) is 48.8 Å². The highest BCUT2D eigenvalue weighted by Crippen LogP contribution is 2.29. The number of carbonyl (C=O) groups is 1. The maximum Gasteiger partial charge on any atom is 0.255 e. The van der Waals surface area contributed by atoms with E-state index in [1.807, 2.05) is 55.5 Å². The molecule has 0 unspecified atom stereocenters. The first-order chi connectivity index (χ1) is 19.2. The smallest absolute Gasteiger partial charge is 0.255 e. The van der Waals surface area contributed by atoms with Crippen LogP contribution in [-0.2, 0) is 5.41 Å². The van der Waals surface area contributed by atoms with Gasteiger partial charge in [0.2, 0.25) is 0 Å². The molecule has 40 heavy (non-hydrogen) atoms. The van der Waals surface area contributed by atoms with Gasteiger partial charge >= 0.3 is 0 Å². The van der Waals surface area contributed by atoms with E-state index in [2.05, 4.69) is 77.5 Å². The number of aromatic nitrogens is 2. The lowest BCUT2D eigenvalue weighted by Crippen LogP contribution is -2.44. The molecule has 1 aliphatic heterocycles. The third kappa shape index (κ3) is 6.32. The summed E-state index contributed by atoms with van der Waals surface area (Å²) in [5, 5.41) is 6.47. The van der Waals surface area contributed by atoms with Gasteiger partial charge in [0.1, 0.15) is 5.82 Å². The molecule has 206 valence electrons. The first-order valence-corrected chi connectivity index (χ1v) is 13.8. The van der Waals surface area contributed by atoms with Gasteiger partial charge in [0, 0.05) is 60.6 Å². The van der Waals surface area contributed by atoms with Gasteiger partial charge in [0.15, 0.2) is 5.82 Å². The maximum atomic E-state index is 13.0. The monoisotopic (exact) mass is 534 g/mol. The molecule has 2 N–H and O–H groups in total. The zero-order valence-electron chi connectivity index (χ0n) is 24.0. The zero-order valence-corrected chi connectivity index (χ0v) is 24.0. The summed E-state index contributed by atoms with van der Waals surface area (Å²) in [5.41, 5.74) is 6.59. The van der Waals surface area contributed by atoms with E-state index in [-0.39, 0.29) is 11.3 Å². The Bertz CT molecular complexity index is 1470. The molecule has 1 amide bonds. The Balaban J connectivity index is 1.29. The lowest BCUT2D eigenvalue weighted by Gasteiger charge is -2.34. The van der Waals surface area contributed by atoms with Crippen LogP contribution in [0.15, 0.2) is 79.0 Å². The third-order valence-electron chi connectivity index (χ3n) is 7.50. The second-order valence-corrected chi connectivity index (χ2v) is 11.5. The molecule has 0 atom stereocenters. The zero-order chi connectivity index (χ0) is 28.3. The Morgan fingerprint density at radius 3 is 2.25 bits per heavy atom. The summed E-state index contributed by atoms with van der Waals surface area (Å²) in [6.45, 7) is 12.7. The standard InChI is InChI=1S/C33H38N6O/c1-23-28(7-6-8-29(23)36-32(40)24-9-11-25(12-10-24)33(2,3)4)31-34-18-17-30(37-31)35-26-13-15-27(16-14-26)39-21-19-38(5)20-22-39/h6-18H,19-22H2,1-5H3,(H,36,40)(H,34,35,37). The van der Waals surface area contributed by atoms with E-state index in [4.69, 9.17) is 4.98 Å². The van der Waals surface area contributed by atoms with Crippen LogP contribution < -0.4 is 15.5 Å². The van der Waals surface area contributed by atoms with Crippen molar-refractivity contribution in [2.45, 2.75) is 33.1 Å². The fourth-order valence-corrected chi connectivity index (χ4v) is 4.86. The number of nitrogens with one attached hydrogen (secondary N) is 2. The number of carbonyl (C=O) groups excluding carboxylic acids is 1. The number of piperazine rings is 1. The molecule has 1 aromatic heterocycles. The molecule has 0 aliphatic carbocycles. The summed E-state index contributed by atoms with van der Waals surface area (Å²) in [6, 6.07) is 23.9. The van der Waals surface area contributed by atoms with E-state index in [1.165, 1.54) is 11.3 Å². The van der Waals surface area contributed by atoms with Crippen LogP contribution in [0.5, 0.6) is 0 Å². The van der Waals surface area contributed by atoms with Crippen molar-refractivity contribution in [1.29, 1.82) is 0 Å². The van der Waals surface area contributed by atoms with Gasteiger partial charge in [-0.05, 0) is 79.0 Å². The molecule has 4 aromatic rings. The van der Waals surface area contributed by atoms with Gasteiger partial charge in [-0.3, -0.25) is 4.79 Å². The van der Waals surface area contributed by atoms with Crippen molar-refractivity contribution < 1.29 is 4.79 Å². The number of hydrogen-bond acceptors (Lipinski definition) is 6. The summed E-state index contributed by atoms with van der Waals surface area (Å²) in [5.74, 6) is 1.17. The summed E-state index contributed by atoms with van der Waals surface area (Å²) < 4.78 is 0. The molecule has 0 radical (unpaired) electrons. The van der Waals surface area contributed by atoms with E-state index >= 15 is 0 Å². The van der Waals surface area contributed by atoms with Crippen molar-refractivity contribution in [3.63, 3.8) is 0 Å². The molecule has 0 bridgehead atoms. The van der Waals surface area contributed by atoms with Gasteiger partial charge in [-0.1, -0.05) is 45.0 Å². The minimum Gasteiger partial charge on any atom is -0.369 e. The highest BCUT2D eigenvalue weighted by atomic mass is 16.1. The maximum absolute atomic E-state index is 13.0. The number of benzene rings is 3. The van der Waals surface area contributed by atoms with Crippen LogP contribution in [0.25, 0.3) is 11.4 Å². The molecular formula is C33H38N6O. The van der Waals surface area contributed by atoms with Gasteiger partial charge in [-0.25, -0.2) is 9.97 Å². The first kappa shape index (κ1) is 27.3. The fraction of sp³-hybridized carbons (Fsp3) is 0.303. The molecule has 7 heteroatoms. The Morgan fingerprint density at radius 2 is 1.57 bits per heavy atom. The fourth-order valence-electron chi connectivity index (χ4n) is 4.86. The molecule has 3 aromatic carbocycles. The van der Waals surface area contributed by atoms with Crippen molar-refractivity contribution in [2.24, 2.45) is 0 Å². The normalized spacial score (nSPS) is 14.2. The summed E-state index contributed by atoms with van der Waals surface area (Å²) in [4.78, 5) is 27.1. The van der Waals surface area contributed by atoms with Gasteiger partial charge in [0.25, 0.3) is 5.91 Å². The molecule has 1 aliphatic rings. The lowest BCUT2D eigenvalue weighted by molar-refractivity contribution is 0.102. The number of likely N-dealkylation sites (N-methyl/N-ethyl adjacent to an activating group) is 1. The van der Waals surface area contributed by atoms with Crippen molar-refractivity contribution in [3.05, 3.63) is 95.7 Å². The number of anilines is 4. The van der Waals surface area contributed by atoms with E-state index < -0.39 is 0 Å². The summed E-state index contributed by atoms with van der Waals surface area (Å²) in [7, 11) is 2.17. The Kier molecular flexibility index (Phi) is 7.85. The predicted molar refractivity (Wildman–Crippen MR) is 165 cm³/mol. The van der Waals surface area contributed by atoms with Gasteiger partial charge in [-0.2, -0.15) is 0 Å². The highest BCUT2D eigenvalue weighted by Gasteiger charge is 2.17. The number of rotatable bonds is 6. The Hall–Kier alpha value is -4.23. The van der Waals surface area contributed by atoms with Crippen molar-refractivity contribution >= 4 is 28.8 Å². The Labute approximate surface area is 237 Å². The van der Waals surface area contributed by atoms with Crippen molar-refractivity contribution in [1.82, 2.24) is 14.9 Å². The molecule has 2 heterocycles.